The Bertz CT molecular complexity index is 1040. The summed E-state index contributed by atoms with van der Waals surface area (Å²) in [6.45, 7) is 1.89. The van der Waals surface area contributed by atoms with Crippen LogP contribution >= 0.6 is 39.1 Å². The van der Waals surface area contributed by atoms with Crippen LogP contribution in [0.5, 0.6) is 0 Å². The van der Waals surface area contributed by atoms with E-state index in [4.69, 9.17) is 23.2 Å². The van der Waals surface area contributed by atoms with Gasteiger partial charge in [-0.2, -0.15) is 0 Å². The van der Waals surface area contributed by atoms with Gasteiger partial charge < -0.3 is 5.32 Å². The van der Waals surface area contributed by atoms with Crippen LogP contribution in [0.25, 0.3) is 11.3 Å². The van der Waals surface area contributed by atoms with E-state index in [0.717, 1.165) is 21.3 Å². The van der Waals surface area contributed by atoms with Crippen molar-refractivity contribution in [2.75, 3.05) is 5.32 Å². The summed E-state index contributed by atoms with van der Waals surface area (Å²) in [5.41, 5.74) is 3.13. The molecule has 3 aromatic rings. The van der Waals surface area contributed by atoms with Crippen molar-refractivity contribution in [1.82, 2.24) is 10.3 Å². The van der Waals surface area contributed by atoms with Crippen LogP contribution in [0.2, 0.25) is 10.0 Å². The fourth-order valence-corrected chi connectivity index (χ4v) is 3.43. The van der Waals surface area contributed by atoms with Gasteiger partial charge in [-0.1, -0.05) is 57.3 Å². The van der Waals surface area contributed by atoms with E-state index in [-0.39, 0.29) is 15.6 Å². The highest BCUT2D eigenvalue weighted by atomic mass is 79.9. The third-order valence-electron chi connectivity index (χ3n) is 3.87. The molecule has 3 amide bonds. The van der Waals surface area contributed by atoms with E-state index in [1.807, 2.05) is 31.2 Å². The molecule has 2 N–H and O–H groups in total. The molecule has 0 radical (unpaired) electrons. The molecule has 0 saturated carbocycles. The molecule has 142 valence electrons. The molecule has 1 heterocycles. The first-order valence-electron chi connectivity index (χ1n) is 8.14. The van der Waals surface area contributed by atoms with Gasteiger partial charge in [0.15, 0.2) is 0 Å². The lowest BCUT2D eigenvalue weighted by Gasteiger charge is -2.11. The molecule has 0 spiro atoms. The van der Waals surface area contributed by atoms with E-state index >= 15 is 0 Å². The Morgan fingerprint density at radius 1 is 1.04 bits per heavy atom. The maximum absolute atomic E-state index is 12.3. The zero-order valence-electron chi connectivity index (χ0n) is 14.6. The standard InChI is InChI=1S/C20H14BrCl2N3O2/c1-11-9-14(10-24-18(11)12-5-7-13(21)8-6-12)25-20(28)26-19(27)17-15(22)3-2-4-16(17)23/h2-10H,1H3,(H2,25,26,27,28). The number of carbonyl (C=O) groups is 2. The smallest absolute Gasteiger partial charge is 0.306 e. The summed E-state index contributed by atoms with van der Waals surface area (Å²) >= 11 is 15.4. The Balaban J connectivity index is 1.71. The number of imide groups is 1. The first kappa shape index (κ1) is 20.3. The number of hydrogen-bond donors (Lipinski definition) is 2. The van der Waals surface area contributed by atoms with Crippen LogP contribution in [0, 0.1) is 6.92 Å². The Hall–Kier alpha value is -2.41. The number of benzene rings is 2. The number of rotatable bonds is 3. The highest BCUT2D eigenvalue weighted by Gasteiger charge is 2.17. The van der Waals surface area contributed by atoms with Crippen LogP contribution in [0.1, 0.15) is 15.9 Å². The van der Waals surface area contributed by atoms with Crippen molar-refractivity contribution in [3.05, 3.63) is 80.4 Å². The van der Waals surface area contributed by atoms with E-state index < -0.39 is 11.9 Å². The number of halogens is 3. The van der Waals surface area contributed by atoms with Gasteiger partial charge in [-0.25, -0.2) is 4.79 Å². The molecule has 5 nitrogen and oxygen atoms in total. The minimum atomic E-state index is -0.710. The predicted octanol–water partition coefficient (Wildman–Crippen LogP) is 6.09. The lowest BCUT2D eigenvalue weighted by atomic mass is 10.1. The lowest BCUT2D eigenvalue weighted by Crippen LogP contribution is -2.34. The minimum absolute atomic E-state index is 0.0425. The molecule has 0 bridgehead atoms. The van der Waals surface area contributed by atoms with Gasteiger partial charge in [0.25, 0.3) is 5.91 Å². The molecule has 0 aliphatic carbocycles. The number of amides is 3. The van der Waals surface area contributed by atoms with Gasteiger partial charge in [-0.3, -0.25) is 15.1 Å². The first-order chi connectivity index (χ1) is 13.3. The van der Waals surface area contributed by atoms with Crippen molar-refractivity contribution < 1.29 is 9.59 Å². The number of nitrogens with one attached hydrogen (secondary N) is 2. The molecule has 0 unspecified atom stereocenters. The fraction of sp³-hybridized carbons (Fsp3) is 0.0500. The number of nitrogens with zero attached hydrogens (tertiary/aromatic N) is 1. The first-order valence-corrected chi connectivity index (χ1v) is 9.69. The van der Waals surface area contributed by atoms with E-state index in [2.05, 4.69) is 31.5 Å². The molecule has 0 saturated heterocycles. The molecule has 1 aromatic heterocycles. The molecule has 0 aliphatic heterocycles. The van der Waals surface area contributed by atoms with Gasteiger partial charge >= 0.3 is 6.03 Å². The fourth-order valence-electron chi connectivity index (χ4n) is 2.60. The molecule has 8 heteroatoms. The number of carbonyl (C=O) groups excluding carboxylic acids is 2. The molecule has 0 atom stereocenters. The summed E-state index contributed by atoms with van der Waals surface area (Å²) in [7, 11) is 0. The van der Waals surface area contributed by atoms with Crippen molar-refractivity contribution in [1.29, 1.82) is 0 Å². The second-order valence-electron chi connectivity index (χ2n) is 5.90. The number of aromatic nitrogens is 1. The monoisotopic (exact) mass is 477 g/mol. The van der Waals surface area contributed by atoms with Crippen LogP contribution < -0.4 is 10.6 Å². The minimum Gasteiger partial charge on any atom is -0.306 e. The average Bonchev–Trinajstić information content (AvgIpc) is 2.62. The van der Waals surface area contributed by atoms with Gasteiger partial charge in [0.05, 0.1) is 33.2 Å². The van der Waals surface area contributed by atoms with Gasteiger partial charge in [0.2, 0.25) is 0 Å². The summed E-state index contributed by atoms with van der Waals surface area (Å²) in [5, 5.41) is 5.11. The highest BCUT2D eigenvalue weighted by molar-refractivity contribution is 9.10. The third kappa shape index (κ3) is 4.70. The average molecular weight is 479 g/mol. The van der Waals surface area contributed by atoms with E-state index in [0.29, 0.717) is 5.69 Å². The third-order valence-corrected chi connectivity index (χ3v) is 5.03. The van der Waals surface area contributed by atoms with Crippen LogP contribution in [-0.4, -0.2) is 16.9 Å². The van der Waals surface area contributed by atoms with Crippen LogP contribution in [0.15, 0.2) is 59.2 Å². The predicted molar refractivity (Wildman–Crippen MR) is 115 cm³/mol. The quantitative estimate of drug-likeness (QED) is 0.478. The van der Waals surface area contributed by atoms with E-state index in [9.17, 15) is 9.59 Å². The summed E-state index contributed by atoms with van der Waals surface area (Å²) in [5.74, 6) is -0.690. The van der Waals surface area contributed by atoms with Crippen LogP contribution in [-0.2, 0) is 0 Å². The van der Waals surface area contributed by atoms with Gasteiger partial charge in [0, 0.05) is 10.0 Å². The van der Waals surface area contributed by atoms with Crippen LogP contribution in [0.3, 0.4) is 0 Å². The maximum Gasteiger partial charge on any atom is 0.326 e. The summed E-state index contributed by atoms with van der Waals surface area (Å²) in [6.07, 6.45) is 1.52. The molecule has 2 aromatic carbocycles. The molecule has 0 fully saturated rings. The van der Waals surface area contributed by atoms with Crippen molar-refractivity contribution in [2.24, 2.45) is 0 Å². The lowest BCUT2D eigenvalue weighted by molar-refractivity contribution is 0.0967. The molecular formula is C20H14BrCl2N3O2. The summed E-state index contributed by atoms with van der Waals surface area (Å²) in [6, 6.07) is 13.5. The number of urea groups is 1. The van der Waals surface area contributed by atoms with E-state index in [1.165, 1.54) is 18.3 Å². The highest BCUT2D eigenvalue weighted by Crippen LogP contribution is 2.25. The molecular weight excluding hydrogens is 465 g/mol. The molecule has 0 aliphatic rings. The Morgan fingerprint density at radius 2 is 1.68 bits per heavy atom. The Kier molecular flexibility index (Phi) is 6.34. The number of pyridine rings is 1. The summed E-state index contributed by atoms with van der Waals surface area (Å²) in [4.78, 5) is 28.8. The largest absolute Gasteiger partial charge is 0.326 e. The van der Waals surface area contributed by atoms with E-state index in [1.54, 1.807) is 12.1 Å². The number of hydrogen-bond acceptors (Lipinski definition) is 3. The second kappa shape index (κ2) is 8.73. The SMILES string of the molecule is Cc1cc(NC(=O)NC(=O)c2c(Cl)cccc2Cl)cnc1-c1ccc(Br)cc1. The molecule has 28 heavy (non-hydrogen) atoms. The van der Waals surface area contributed by atoms with Gasteiger partial charge in [-0.15, -0.1) is 0 Å². The van der Waals surface area contributed by atoms with Crippen LogP contribution in [0.4, 0.5) is 10.5 Å². The van der Waals surface area contributed by atoms with Crippen molar-refractivity contribution in [3.8, 4) is 11.3 Å². The summed E-state index contributed by atoms with van der Waals surface area (Å²) < 4.78 is 0.979. The topological polar surface area (TPSA) is 71.1 Å². The van der Waals surface area contributed by atoms with Gasteiger partial charge in [-0.05, 0) is 42.8 Å². The van der Waals surface area contributed by atoms with Crippen molar-refractivity contribution in [3.63, 3.8) is 0 Å². The van der Waals surface area contributed by atoms with Gasteiger partial charge in [0.1, 0.15) is 0 Å². The zero-order valence-corrected chi connectivity index (χ0v) is 17.7. The van der Waals surface area contributed by atoms with Crippen molar-refractivity contribution >= 4 is 56.8 Å². The normalized spacial score (nSPS) is 10.4. The number of anilines is 1. The molecule has 3 rings (SSSR count). The second-order valence-corrected chi connectivity index (χ2v) is 7.63. The zero-order chi connectivity index (χ0) is 20.3. The Labute approximate surface area is 180 Å². The maximum atomic E-state index is 12.3. The number of aryl methyl sites for hydroxylation is 1. The Morgan fingerprint density at radius 3 is 2.29 bits per heavy atom. The van der Waals surface area contributed by atoms with Crippen molar-refractivity contribution in [2.45, 2.75) is 6.92 Å².